The molecule has 3 nitrogen and oxygen atoms in total. The zero-order chi connectivity index (χ0) is 12.1. The molecule has 0 unspecified atom stereocenters. The van der Waals surface area contributed by atoms with Crippen LogP contribution in [0.15, 0.2) is 22.7 Å². The SMILES string of the molecule is C[C@H]1[C@H](c2ccc([N+](=O)[O-])cc2Br)C1(Br)Br. The van der Waals surface area contributed by atoms with Gasteiger partial charge in [0.15, 0.2) is 0 Å². The number of nitro groups is 1. The van der Waals surface area contributed by atoms with Gasteiger partial charge in [-0.3, -0.25) is 10.1 Å². The highest BCUT2D eigenvalue weighted by Gasteiger charge is 2.60. The summed E-state index contributed by atoms with van der Waals surface area (Å²) in [6.07, 6.45) is 0. The summed E-state index contributed by atoms with van der Waals surface area (Å²) in [7, 11) is 0. The molecule has 86 valence electrons. The number of halogens is 3. The summed E-state index contributed by atoms with van der Waals surface area (Å²) in [6, 6.07) is 4.91. The van der Waals surface area contributed by atoms with Crippen LogP contribution in [-0.4, -0.2) is 8.16 Å². The molecular formula is C10H8Br3NO2. The number of hydrogen-bond acceptors (Lipinski definition) is 2. The van der Waals surface area contributed by atoms with Gasteiger partial charge in [0.2, 0.25) is 0 Å². The highest BCUT2D eigenvalue weighted by atomic mass is 79.9. The fourth-order valence-electron chi connectivity index (χ4n) is 1.84. The Labute approximate surface area is 118 Å². The number of non-ortho nitro benzene ring substituents is 1. The molecule has 0 bridgehead atoms. The molecule has 16 heavy (non-hydrogen) atoms. The minimum atomic E-state index is -0.389. The zero-order valence-electron chi connectivity index (χ0n) is 8.28. The third-order valence-electron chi connectivity index (χ3n) is 2.94. The van der Waals surface area contributed by atoms with Gasteiger partial charge < -0.3 is 0 Å². The molecule has 1 aliphatic carbocycles. The van der Waals surface area contributed by atoms with Crippen molar-refractivity contribution in [3.05, 3.63) is 38.3 Å². The summed E-state index contributed by atoms with van der Waals surface area (Å²) in [5.41, 5.74) is 1.20. The lowest BCUT2D eigenvalue weighted by Crippen LogP contribution is -1.93. The summed E-state index contributed by atoms with van der Waals surface area (Å²) >= 11 is 10.6. The first-order valence-corrected chi connectivity index (χ1v) is 7.05. The lowest BCUT2D eigenvalue weighted by Gasteiger charge is -2.04. The topological polar surface area (TPSA) is 43.1 Å². The van der Waals surface area contributed by atoms with Crippen LogP contribution in [0.1, 0.15) is 18.4 Å². The van der Waals surface area contributed by atoms with Crippen LogP contribution in [-0.2, 0) is 0 Å². The summed E-state index contributed by atoms with van der Waals surface area (Å²) in [6.45, 7) is 2.13. The normalized spacial score (nSPS) is 26.5. The molecule has 0 radical (unpaired) electrons. The monoisotopic (exact) mass is 411 g/mol. The van der Waals surface area contributed by atoms with E-state index in [0.717, 1.165) is 10.0 Å². The van der Waals surface area contributed by atoms with Crippen LogP contribution in [0.4, 0.5) is 5.69 Å². The van der Waals surface area contributed by atoms with Crippen LogP contribution in [0.5, 0.6) is 0 Å². The van der Waals surface area contributed by atoms with Gasteiger partial charge in [0, 0.05) is 22.5 Å². The molecule has 1 aliphatic rings. The summed E-state index contributed by atoms with van der Waals surface area (Å²) in [5, 5.41) is 10.6. The standard InChI is InChI=1S/C10H8Br3NO2/c1-5-9(10(5,12)13)7-3-2-6(14(15)16)4-8(7)11/h2-5,9H,1H3/t5-,9+/m0/s1. The Balaban J connectivity index is 2.35. The molecule has 6 heteroatoms. The molecular weight excluding hydrogens is 406 g/mol. The van der Waals surface area contributed by atoms with Gasteiger partial charge in [0.05, 0.1) is 8.16 Å². The van der Waals surface area contributed by atoms with Crippen molar-refractivity contribution in [1.82, 2.24) is 0 Å². The lowest BCUT2D eigenvalue weighted by atomic mass is 10.1. The van der Waals surface area contributed by atoms with Crippen molar-refractivity contribution in [2.75, 3.05) is 0 Å². The molecule has 0 heterocycles. The Bertz CT molecular complexity index is 461. The molecule has 1 saturated carbocycles. The van der Waals surface area contributed by atoms with E-state index in [1.54, 1.807) is 12.1 Å². The Hall–Kier alpha value is 0.0600. The molecule has 1 aromatic rings. The molecule has 2 atom stereocenters. The maximum atomic E-state index is 10.6. The van der Waals surface area contributed by atoms with Crippen molar-refractivity contribution in [2.45, 2.75) is 16.1 Å². The fraction of sp³-hybridized carbons (Fsp3) is 0.400. The quantitative estimate of drug-likeness (QED) is 0.404. The van der Waals surface area contributed by atoms with Crippen LogP contribution >= 0.6 is 47.8 Å². The van der Waals surface area contributed by atoms with E-state index in [9.17, 15) is 10.1 Å². The second-order valence-electron chi connectivity index (χ2n) is 3.90. The van der Waals surface area contributed by atoms with Crippen molar-refractivity contribution in [3.8, 4) is 0 Å². The molecule has 0 amide bonds. The Morgan fingerprint density at radius 3 is 2.38 bits per heavy atom. The first-order valence-electron chi connectivity index (χ1n) is 4.67. The first-order chi connectivity index (χ1) is 7.35. The van der Waals surface area contributed by atoms with Gasteiger partial charge in [-0.1, -0.05) is 60.8 Å². The molecule has 2 rings (SSSR count). The van der Waals surface area contributed by atoms with E-state index < -0.39 is 0 Å². The molecule has 0 aromatic heterocycles. The Kier molecular flexibility index (Phi) is 3.18. The highest BCUT2D eigenvalue weighted by Crippen LogP contribution is 2.67. The average molecular weight is 414 g/mol. The second-order valence-corrected chi connectivity index (χ2v) is 8.45. The van der Waals surface area contributed by atoms with E-state index in [-0.39, 0.29) is 13.8 Å². The lowest BCUT2D eigenvalue weighted by molar-refractivity contribution is -0.384. The van der Waals surface area contributed by atoms with Crippen molar-refractivity contribution in [1.29, 1.82) is 0 Å². The van der Waals surface area contributed by atoms with Gasteiger partial charge in [-0.15, -0.1) is 0 Å². The van der Waals surface area contributed by atoms with E-state index in [1.165, 1.54) is 0 Å². The van der Waals surface area contributed by atoms with E-state index in [1.807, 2.05) is 6.07 Å². The van der Waals surface area contributed by atoms with Gasteiger partial charge in [-0.25, -0.2) is 0 Å². The van der Waals surface area contributed by atoms with Crippen LogP contribution in [0.3, 0.4) is 0 Å². The highest BCUT2D eigenvalue weighted by molar-refractivity contribution is 9.25. The molecule has 1 aromatic carbocycles. The van der Waals surface area contributed by atoms with E-state index in [2.05, 4.69) is 54.7 Å². The minimum Gasteiger partial charge on any atom is -0.258 e. The van der Waals surface area contributed by atoms with Crippen LogP contribution in [0, 0.1) is 16.0 Å². The zero-order valence-corrected chi connectivity index (χ0v) is 13.0. The van der Waals surface area contributed by atoms with Gasteiger partial charge in [-0.2, -0.15) is 0 Å². The number of alkyl halides is 2. The molecule has 0 N–H and O–H groups in total. The number of benzene rings is 1. The van der Waals surface area contributed by atoms with Crippen LogP contribution < -0.4 is 0 Å². The van der Waals surface area contributed by atoms with Gasteiger partial charge in [0.1, 0.15) is 0 Å². The van der Waals surface area contributed by atoms with Gasteiger partial charge >= 0.3 is 0 Å². The predicted molar refractivity (Wildman–Crippen MR) is 73.3 cm³/mol. The summed E-state index contributed by atoms with van der Waals surface area (Å²) in [4.78, 5) is 10.2. The molecule has 0 aliphatic heterocycles. The van der Waals surface area contributed by atoms with Crippen molar-refractivity contribution >= 4 is 53.5 Å². The third kappa shape index (κ3) is 1.95. The largest absolute Gasteiger partial charge is 0.270 e. The van der Waals surface area contributed by atoms with E-state index in [4.69, 9.17) is 0 Å². The predicted octanol–water partition coefficient (Wildman–Crippen LogP) is 4.58. The average Bonchev–Trinajstić information content (AvgIpc) is 2.67. The maximum Gasteiger partial charge on any atom is 0.270 e. The molecule has 0 spiro atoms. The summed E-state index contributed by atoms with van der Waals surface area (Å²) < 4.78 is 0.720. The smallest absolute Gasteiger partial charge is 0.258 e. The van der Waals surface area contributed by atoms with Crippen LogP contribution in [0.25, 0.3) is 0 Å². The fourth-order valence-corrected chi connectivity index (χ4v) is 4.00. The molecule has 0 saturated heterocycles. The van der Waals surface area contributed by atoms with E-state index in [0.29, 0.717) is 11.8 Å². The minimum absolute atomic E-state index is 0.0708. The van der Waals surface area contributed by atoms with Crippen molar-refractivity contribution in [3.63, 3.8) is 0 Å². The maximum absolute atomic E-state index is 10.6. The summed E-state index contributed by atoms with van der Waals surface area (Å²) in [5.74, 6) is 0.799. The number of rotatable bonds is 2. The van der Waals surface area contributed by atoms with Crippen molar-refractivity contribution in [2.24, 2.45) is 5.92 Å². The first kappa shape index (κ1) is 12.5. The van der Waals surface area contributed by atoms with E-state index >= 15 is 0 Å². The van der Waals surface area contributed by atoms with Gasteiger partial charge in [-0.05, 0) is 11.5 Å². The number of nitro benzene ring substituents is 1. The number of hydrogen-bond donors (Lipinski definition) is 0. The van der Waals surface area contributed by atoms with Crippen molar-refractivity contribution < 1.29 is 4.92 Å². The van der Waals surface area contributed by atoms with Gasteiger partial charge in [0.25, 0.3) is 5.69 Å². The molecule has 1 fully saturated rings. The Morgan fingerprint density at radius 2 is 2.00 bits per heavy atom. The van der Waals surface area contributed by atoms with Crippen LogP contribution in [0.2, 0.25) is 0 Å². The third-order valence-corrected chi connectivity index (χ3v) is 6.06. The Morgan fingerprint density at radius 1 is 1.44 bits per heavy atom. The second kappa shape index (κ2) is 4.07. The number of nitrogens with zero attached hydrogens (tertiary/aromatic N) is 1.